The molecule has 7 heteroatoms. The van der Waals surface area contributed by atoms with Gasteiger partial charge in [0.2, 0.25) is 0 Å². The maximum absolute atomic E-state index is 10.5. The molecular weight excluding hydrogens is 224 g/mol. The summed E-state index contributed by atoms with van der Waals surface area (Å²) >= 11 is 0. The van der Waals surface area contributed by atoms with E-state index in [1.54, 1.807) is 0 Å². The van der Waals surface area contributed by atoms with E-state index in [9.17, 15) is 9.59 Å². The van der Waals surface area contributed by atoms with Crippen molar-refractivity contribution in [2.45, 2.75) is 0 Å². The molecule has 0 radical (unpaired) electrons. The van der Waals surface area contributed by atoms with E-state index < -0.39 is 6.09 Å². The van der Waals surface area contributed by atoms with Crippen LogP contribution in [0, 0.1) is 0 Å². The number of aldehydes is 1. The number of nitrogens with one attached hydrogen (secondary N) is 1. The molecule has 0 spiro atoms. The molecule has 2 aromatic rings. The smallest absolute Gasteiger partial charge is 0.409 e. The van der Waals surface area contributed by atoms with E-state index in [1.165, 1.54) is 35.4 Å². The van der Waals surface area contributed by atoms with Crippen molar-refractivity contribution in [3.63, 3.8) is 0 Å². The average Bonchev–Trinajstić information content (AvgIpc) is 2.77. The van der Waals surface area contributed by atoms with Crippen LogP contribution >= 0.6 is 0 Å². The maximum atomic E-state index is 10.5. The van der Waals surface area contributed by atoms with Crippen molar-refractivity contribution in [2.24, 2.45) is 0 Å². The Kier molecular flexibility index (Phi) is 2.82. The monoisotopic (exact) mass is 232 g/mol. The van der Waals surface area contributed by atoms with E-state index in [-0.39, 0.29) is 0 Å². The van der Waals surface area contributed by atoms with Gasteiger partial charge in [-0.25, -0.2) is 14.5 Å². The van der Waals surface area contributed by atoms with Crippen LogP contribution in [0.3, 0.4) is 0 Å². The highest BCUT2D eigenvalue weighted by atomic mass is 16.4. The number of carbonyl (C=O) groups excluding carboxylic acids is 1. The number of pyridine rings is 1. The van der Waals surface area contributed by atoms with Crippen molar-refractivity contribution in [3.8, 4) is 5.82 Å². The van der Waals surface area contributed by atoms with Crippen LogP contribution in [0.4, 0.5) is 10.5 Å². The quantitative estimate of drug-likeness (QED) is 0.774. The van der Waals surface area contributed by atoms with Crippen molar-refractivity contribution in [1.82, 2.24) is 14.8 Å². The fourth-order valence-corrected chi connectivity index (χ4v) is 1.27. The topological polar surface area (TPSA) is 97.1 Å². The van der Waals surface area contributed by atoms with Crippen LogP contribution in [0.25, 0.3) is 5.82 Å². The van der Waals surface area contributed by atoms with Crippen LogP contribution in [0.1, 0.15) is 10.4 Å². The lowest BCUT2D eigenvalue weighted by Crippen LogP contribution is -2.08. The Hall–Kier alpha value is -2.70. The largest absolute Gasteiger partial charge is 0.465 e. The fourth-order valence-electron chi connectivity index (χ4n) is 1.27. The molecule has 17 heavy (non-hydrogen) atoms. The Morgan fingerprint density at radius 3 is 3.00 bits per heavy atom. The second-order valence-electron chi connectivity index (χ2n) is 3.17. The summed E-state index contributed by atoms with van der Waals surface area (Å²) in [6, 6.07) is 3.03. The minimum atomic E-state index is -1.16. The zero-order chi connectivity index (χ0) is 12.3. The lowest BCUT2D eigenvalue weighted by molar-refractivity contribution is 0.112. The van der Waals surface area contributed by atoms with Gasteiger partial charge in [0.15, 0.2) is 12.1 Å². The van der Waals surface area contributed by atoms with Crippen LogP contribution in [0.5, 0.6) is 0 Å². The van der Waals surface area contributed by atoms with Gasteiger partial charge in [0.05, 0.1) is 11.8 Å². The van der Waals surface area contributed by atoms with Gasteiger partial charge in [0.25, 0.3) is 0 Å². The molecule has 0 aliphatic rings. The first-order chi connectivity index (χ1) is 8.19. The lowest BCUT2D eigenvalue weighted by atomic mass is 10.4. The first-order valence-corrected chi connectivity index (χ1v) is 4.65. The van der Waals surface area contributed by atoms with Gasteiger partial charge < -0.3 is 5.11 Å². The minimum absolute atomic E-state index is 0.380. The molecule has 0 bridgehead atoms. The molecule has 2 heterocycles. The summed E-state index contributed by atoms with van der Waals surface area (Å²) in [4.78, 5) is 25.0. The summed E-state index contributed by atoms with van der Waals surface area (Å²) in [6.45, 7) is 0. The van der Waals surface area contributed by atoms with Gasteiger partial charge in [-0.05, 0) is 6.07 Å². The Bertz CT molecular complexity index is 564. The average molecular weight is 232 g/mol. The van der Waals surface area contributed by atoms with Gasteiger partial charge in [-0.3, -0.25) is 10.1 Å². The molecule has 1 amide bonds. The number of carboxylic acid groups (broad SMARTS) is 1. The third kappa shape index (κ3) is 2.46. The van der Waals surface area contributed by atoms with E-state index in [1.807, 2.05) is 0 Å². The molecule has 0 aromatic carbocycles. The van der Waals surface area contributed by atoms with E-state index in [2.05, 4.69) is 15.4 Å². The maximum Gasteiger partial charge on any atom is 0.409 e. The Labute approximate surface area is 95.7 Å². The summed E-state index contributed by atoms with van der Waals surface area (Å²) in [6.07, 6.45) is 3.86. The molecule has 0 fully saturated rings. The Morgan fingerprint density at radius 1 is 1.53 bits per heavy atom. The number of nitrogens with zero attached hydrogens (tertiary/aromatic N) is 3. The molecule has 2 rings (SSSR count). The fraction of sp³-hybridized carbons (Fsp3) is 0. The Balaban J connectivity index is 2.32. The number of carbonyl (C=O) groups is 2. The predicted molar refractivity (Wildman–Crippen MR) is 58.4 cm³/mol. The van der Waals surface area contributed by atoms with Crippen LogP contribution in [-0.4, -0.2) is 32.3 Å². The molecule has 86 valence electrons. The van der Waals surface area contributed by atoms with E-state index in [0.29, 0.717) is 23.4 Å². The van der Waals surface area contributed by atoms with Crippen LogP contribution in [0.2, 0.25) is 0 Å². The highest BCUT2D eigenvalue weighted by Crippen LogP contribution is 2.11. The molecule has 0 atom stereocenters. The van der Waals surface area contributed by atoms with Gasteiger partial charge in [-0.2, -0.15) is 5.10 Å². The predicted octanol–water partition coefficient (Wildman–Crippen LogP) is 1.17. The summed E-state index contributed by atoms with van der Waals surface area (Å²) in [5.74, 6) is 0.421. The molecule has 7 nitrogen and oxygen atoms in total. The number of amides is 1. The van der Waals surface area contributed by atoms with Crippen molar-refractivity contribution in [2.75, 3.05) is 5.32 Å². The zero-order valence-electron chi connectivity index (χ0n) is 8.57. The molecule has 0 aliphatic carbocycles. The molecule has 2 N–H and O–H groups in total. The summed E-state index contributed by atoms with van der Waals surface area (Å²) in [7, 11) is 0. The molecule has 0 saturated carbocycles. The molecular formula is C10H8N4O3. The SMILES string of the molecule is O=Cc1cnn(-c2cc(NC(=O)O)ccn2)c1. The van der Waals surface area contributed by atoms with Crippen LogP contribution in [-0.2, 0) is 0 Å². The third-order valence-electron chi connectivity index (χ3n) is 1.97. The number of aromatic nitrogens is 3. The first-order valence-electron chi connectivity index (χ1n) is 4.65. The third-order valence-corrected chi connectivity index (χ3v) is 1.97. The molecule has 2 aromatic heterocycles. The standard InChI is InChI=1S/C10H8N4O3/c15-6-7-4-12-14(5-7)9-3-8(1-2-11-9)13-10(16)17/h1-6H,(H,11,13)(H,16,17). The number of hydrogen-bond acceptors (Lipinski definition) is 4. The molecule has 0 aliphatic heterocycles. The zero-order valence-corrected chi connectivity index (χ0v) is 8.57. The first kappa shape index (κ1) is 10.8. The van der Waals surface area contributed by atoms with E-state index >= 15 is 0 Å². The van der Waals surface area contributed by atoms with E-state index in [4.69, 9.17) is 5.11 Å². The molecule has 0 saturated heterocycles. The van der Waals surface area contributed by atoms with Gasteiger partial charge >= 0.3 is 6.09 Å². The van der Waals surface area contributed by atoms with Crippen molar-refractivity contribution >= 4 is 18.1 Å². The lowest BCUT2D eigenvalue weighted by Gasteiger charge is -2.03. The highest BCUT2D eigenvalue weighted by Gasteiger charge is 2.04. The van der Waals surface area contributed by atoms with E-state index in [0.717, 1.165) is 0 Å². The summed E-state index contributed by atoms with van der Waals surface area (Å²) < 4.78 is 1.39. The normalized spacial score (nSPS) is 9.88. The van der Waals surface area contributed by atoms with Gasteiger partial charge in [-0.1, -0.05) is 0 Å². The summed E-state index contributed by atoms with van der Waals surface area (Å²) in [5, 5.41) is 14.7. The summed E-state index contributed by atoms with van der Waals surface area (Å²) in [5.41, 5.74) is 0.800. The second kappa shape index (κ2) is 4.44. The van der Waals surface area contributed by atoms with Crippen LogP contribution < -0.4 is 5.32 Å². The van der Waals surface area contributed by atoms with Crippen molar-refractivity contribution in [3.05, 3.63) is 36.3 Å². The van der Waals surface area contributed by atoms with Gasteiger partial charge in [0, 0.05) is 24.1 Å². The minimum Gasteiger partial charge on any atom is -0.465 e. The van der Waals surface area contributed by atoms with Crippen LogP contribution in [0.15, 0.2) is 30.7 Å². The molecule has 0 unspecified atom stereocenters. The Morgan fingerprint density at radius 2 is 2.35 bits per heavy atom. The van der Waals surface area contributed by atoms with Crippen molar-refractivity contribution < 1.29 is 14.7 Å². The van der Waals surface area contributed by atoms with Gasteiger partial charge in [0.1, 0.15) is 0 Å². The van der Waals surface area contributed by atoms with Crippen molar-refractivity contribution in [1.29, 1.82) is 0 Å². The highest BCUT2D eigenvalue weighted by molar-refractivity contribution is 5.83. The number of hydrogen-bond donors (Lipinski definition) is 2. The number of anilines is 1. The second-order valence-corrected chi connectivity index (χ2v) is 3.17. The number of rotatable bonds is 3. The van der Waals surface area contributed by atoms with Gasteiger partial charge in [-0.15, -0.1) is 0 Å².